The predicted molar refractivity (Wildman–Crippen MR) is 68.5 cm³/mol. The van der Waals surface area contributed by atoms with Gasteiger partial charge in [-0.2, -0.15) is 0 Å². The number of aliphatic hydroxyl groups excluding tert-OH is 1. The van der Waals surface area contributed by atoms with Gasteiger partial charge in [0, 0.05) is 6.54 Å². The van der Waals surface area contributed by atoms with Crippen LogP contribution in [0.15, 0.2) is 12.1 Å². The van der Waals surface area contributed by atoms with E-state index < -0.39 is 6.10 Å². The van der Waals surface area contributed by atoms with E-state index in [9.17, 15) is 5.11 Å². The van der Waals surface area contributed by atoms with E-state index >= 15 is 0 Å². The molecule has 17 heavy (non-hydrogen) atoms. The van der Waals surface area contributed by atoms with E-state index in [4.69, 9.17) is 4.74 Å². The number of nitrogens with one attached hydrogen (secondary N) is 1. The Hall–Kier alpha value is -1.06. The summed E-state index contributed by atoms with van der Waals surface area (Å²) in [6.45, 7) is 0.596. The Labute approximate surface area is 103 Å². The van der Waals surface area contributed by atoms with Crippen molar-refractivity contribution in [3.05, 3.63) is 28.8 Å². The highest BCUT2D eigenvalue weighted by atomic mass is 16.5. The van der Waals surface area contributed by atoms with Crippen molar-refractivity contribution < 1.29 is 9.84 Å². The highest BCUT2D eigenvalue weighted by molar-refractivity contribution is 5.47. The van der Waals surface area contributed by atoms with Gasteiger partial charge in [0.2, 0.25) is 0 Å². The first-order valence-corrected chi connectivity index (χ1v) is 6.29. The van der Waals surface area contributed by atoms with Crippen LogP contribution < -0.4 is 10.1 Å². The quantitative estimate of drug-likeness (QED) is 0.836. The molecule has 1 atom stereocenters. The van der Waals surface area contributed by atoms with Gasteiger partial charge in [0.15, 0.2) is 0 Å². The third kappa shape index (κ3) is 2.45. The molecule has 0 saturated carbocycles. The van der Waals surface area contributed by atoms with Crippen LogP contribution in [0, 0.1) is 0 Å². The molecule has 1 unspecified atom stereocenters. The molecule has 0 spiro atoms. The number of methoxy groups -OCH3 is 1. The number of benzene rings is 1. The zero-order valence-corrected chi connectivity index (χ0v) is 10.6. The minimum atomic E-state index is -0.419. The van der Waals surface area contributed by atoms with Crippen molar-refractivity contribution in [2.24, 2.45) is 0 Å². The SMILES string of the molecule is CNCC(O)c1ccc(OC)c2c1CCCC2. The molecule has 0 aliphatic heterocycles. The van der Waals surface area contributed by atoms with Gasteiger partial charge < -0.3 is 15.2 Å². The summed E-state index contributed by atoms with van der Waals surface area (Å²) in [5, 5.41) is 13.2. The third-order valence-corrected chi connectivity index (χ3v) is 3.50. The van der Waals surface area contributed by atoms with Gasteiger partial charge in [-0.05, 0) is 55.5 Å². The van der Waals surface area contributed by atoms with E-state index in [2.05, 4.69) is 5.32 Å². The van der Waals surface area contributed by atoms with Gasteiger partial charge in [-0.25, -0.2) is 0 Å². The van der Waals surface area contributed by atoms with Crippen molar-refractivity contribution in [1.29, 1.82) is 0 Å². The molecule has 0 fully saturated rings. The summed E-state index contributed by atoms with van der Waals surface area (Å²) >= 11 is 0. The largest absolute Gasteiger partial charge is 0.496 e. The fourth-order valence-corrected chi connectivity index (χ4v) is 2.67. The maximum absolute atomic E-state index is 10.1. The Kier molecular flexibility index (Phi) is 4.02. The Morgan fingerprint density at radius 1 is 1.29 bits per heavy atom. The van der Waals surface area contributed by atoms with Crippen molar-refractivity contribution in [2.45, 2.75) is 31.8 Å². The number of fused-ring (bicyclic) bond motifs is 1. The maximum Gasteiger partial charge on any atom is 0.122 e. The first kappa shape index (κ1) is 12.4. The first-order valence-electron chi connectivity index (χ1n) is 6.29. The Morgan fingerprint density at radius 3 is 2.65 bits per heavy atom. The normalized spacial score (nSPS) is 16.4. The third-order valence-electron chi connectivity index (χ3n) is 3.50. The second-order valence-corrected chi connectivity index (χ2v) is 4.59. The molecule has 1 aliphatic rings. The van der Waals surface area contributed by atoms with Gasteiger partial charge in [0.1, 0.15) is 5.75 Å². The van der Waals surface area contributed by atoms with Gasteiger partial charge in [-0.1, -0.05) is 6.07 Å². The van der Waals surface area contributed by atoms with E-state index in [0.717, 1.165) is 24.2 Å². The molecule has 2 rings (SSSR count). The molecule has 0 heterocycles. The molecule has 1 aromatic rings. The van der Waals surface area contributed by atoms with Crippen molar-refractivity contribution in [3.63, 3.8) is 0 Å². The molecule has 1 aromatic carbocycles. The van der Waals surface area contributed by atoms with Crippen LogP contribution in [0.1, 0.15) is 35.6 Å². The van der Waals surface area contributed by atoms with E-state index in [0.29, 0.717) is 6.54 Å². The summed E-state index contributed by atoms with van der Waals surface area (Å²) < 4.78 is 5.41. The minimum absolute atomic E-state index is 0.419. The van der Waals surface area contributed by atoms with Crippen LogP contribution in [-0.2, 0) is 12.8 Å². The molecule has 94 valence electrons. The highest BCUT2D eigenvalue weighted by Gasteiger charge is 2.20. The van der Waals surface area contributed by atoms with Crippen molar-refractivity contribution in [1.82, 2.24) is 5.32 Å². The summed E-state index contributed by atoms with van der Waals surface area (Å²) in [5.41, 5.74) is 3.67. The average Bonchev–Trinajstić information content (AvgIpc) is 2.37. The van der Waals surface area contributed by atoms with Crippen LogP contribution in [0.3, 0.4) is 0 Å². The number of hydrogen-bond acceptors (Lipinski definition) is 3. The van der Waals surface area contributed by atoms with Crippen LogP contribution >= 0.6 is 0 Å². The van der Waals surface area contributed by atoms with Crippen LogP contribution in [0.25, 0.3) is 0 Å². The Morgan fingerprint density at radius 2 is 2.00 bits per heavy atom. The fourth-order valence-electron chi connectivity index (χ4n) is 2.67. The molecule has 0 saturated heterocycles. The summed E-state index contributed by atoms with van der Waals surface area (Å²) in [6, 6.07) is 3.99. The lowest BCUT2D eigenvalue weighted by molar-refractivity contribution is 0.176. The summed E-state index contributed by atoms with van der Waals surface area (Å²) in [7, 11) is 3.58. The number of aliphatic hydroxyl groups is 1. The van der Waals surface area contributed by atoms with E-state index in [1.807, 2.05) is 19.2 Å². The molecule has 2 N–H and O–H groups in total. The fraction of sp³-hybridized carbons (Fsp3) is 0.571. The average molecular weight is 235 g/mol. The number of hydrogen-bond donors (Lipinski definition) is 2. The van der Waals surface area contributed by atoms with E-state index in [-0.39, 0.29) is 0 Å². The number of likely N-dealkylation sites (N-methyl/N-ethyl adjacent to an activating group) is 1. The molecule has 1 aliphatic carbocycles. The van der Waals surface area contributed by atoms with Crippen molar-refractivity contribution >= 4 is 0 Å². The van der Waals surface area contributed by atoms with E-state index in [1.54, 1.807) is 7.11 Å². The lowest BCUT2D eigenvalue weighted by Gasteiger charge is -2.24. The van der Waals surface area contributed by atoms with Gasteiger partial charge in [-0.15, -0.1) is 0 Å². The smallest absolute Gasteiger partial charge is 0.122 e. The molecule has 3 nitrogen and oxygen atoms in total. The predicted octanol–water partition coefficient (Wildman–Crippen LogP) is 1.83. The summed E-state index contributed by atoms with van der Waals surface area (Å²) in [5.74, 6) is 0.972. The number of ether oxygens (including phenoxy) is 1. The van der Waals surface area contributed by atoms with Crippen LogP contribution in [0.4, 0.5) is 0 Å². The lowest BCUT2D eigenvalue weighted by atomic mass is 9.86. The van der Waals surface area contributed by atoms with Crippen molar-refractivity contribution in [2.75, 3.05) is 20.7 Å². The molecule has 0 radical (unpaired) electrons. The van der Waals surface area contributed by atoms with E-state index in [1.165, 1.54) is 24.0 Å². The first-order chi connectivity index (χ1) is 8.27. The molecular formula is C14H21NO2. The molecule has 0 bridgehead atoms. The van der Waals surface area contributed by atoms with Crippen LogP contribution in [0.2, 0.25) is 0 Å². The van der Waals surface area contributed by atoms with Gasteiger partial charge in [0.05, 0.1) is 13.2 Å². The molecule has 0 aromatic heterocycles. The zero-order chi connectivity index (χ0) is 12.3. The zero-order valence-electron chi connectivity index (χ0n) is 10.6. The van der Waals surface area contributed by atoms with Gasteiger partial charge >= 0.3 is 0 Å². The number of rotatable bonds is 4. The molecule has 3 heteroatoms. The monoisotopic (exact) mass is 235 g/mol. The van der Waals surface area contributed by atoms with Crippen LogP contribution in [0.5, 0.6) is 5.75 Å². The topological polar surface area (TPSA) is 41.5 Å². The summed E-state index contributed by atoms with van der Waals surface area (Å²) in [6.07, 6.45) is 4.13. The minimum Gasteiger partial charge on any atom is -0.496 e. The maximum atomic E-state index is 10.1. The Bertz CT molecular complexity index is 390. The van der Waals surface area contributed by atoms with Gasteiger partial charge in [-0.3, -0.25) is 0 Å². The van der Waals surface area contributed by atoms with Gasteiger partial charge in [0.25, 0.3) is 0 Å². The summed E-state index contributed by atoms with van der Waals surface area (Å²) in [4.78, 5) is 0. The van der Waals surface area contributed by atoms with Crippen LogP contribution in [-0.4, -0.2) is 25.8 Å². The molecule has 0 amide bonds. The second kappa shape index (κ2) is 5.52. The molecular weight excluding hydrogens is 214 g/mol. The second-order valence-electron chi connectivity index (χ2n) is 4.59. The standard InChI is InChI=1S/C14H21NO2/c1-15-9-13(16)11-7-8-14(17-2)12-6-4-3-5-10(11)12/h7-8,13,15-16H,3-6,9H2,1-2H3. The van der Waals surface area contributed by atoms with Crippen molar-refractivity contribution in [3.8, 4) is 5.75 Å². The highest BCUT2D eigenvalue weighted by Crippen LogP contribution is 2.34. The Balaban J connectivity index is 2.40. The lowest BCUT2D eigenvalue weighted by Crippen LogP contribution is -2.19.